The molecule has 1 aliphatic rings. The molecular weight excluding hydrogens is 322 g/mol. The number of ether oxygens (including phenoxy) is 2. The highest BCUT2D eigenvalue weighted by atomic mass is 32.1. The second-order valence-corrected chi connectivity index (χ2v) is 5.01. The topological polar surface area (TPSA) is 98.0 Å². The molecule has 1 aromatic rings. The minimum absolute atomic E-state index is 0.0161. The number of carbonyl (C=O) groups excluding carboxylic acids is 2. The molecule has 1 aliphatic carbocycles. The van der Waals surface area contributed by atoms with E-state index in [4.69, 9.17) is 26.1 Å². The maximum Gasteiger partial charge on any atom is 0.414 e. The molecule has 0 radical (unpaired) electrons. The maximum absolute atomic E-state index is 11.5. The van der Waals surface area contributed by atoms with Crippen LogP contribution in [0.1, 0.15) is 26.0 Å². The summed E-state index contributed by atoms with van der Waals surface area (Å²) in [6.07, 6.45) is 5.00. The van der Waals surface area contributed by atoms with Gasteiger partial charge in [0.2, 0.25) is 11.5 Å². The third kappa shape index (κ3) is 3.78. The van der Waals surface area contributed by atoms with Crippen LogP contribution in [0.4, 0.5) is 10.7 Å². The summed E-state index contributed by atoms with van der Waals surface area (Å²) in [5.74, 6) is -1.61. The lowest BCUT2D eigenvalue weighted by molar-refractivity contribution is -0.132. The van der Waals surface area contributed by atoms with Gasteiger partial charge in [-0.15, -0.1) is 0 Å². The zero-order chi connectivity index (χ0) is 17.0. The van der Waals surface area contributed by atoms with Crippen LogP contribution in [0.3, 0.4) is 0 Å². The zero-order valence-electron chi connectivity index (χ0n) is 12.5. The first-order valence-electron chi connectivity index (χ1n) is 6.82. The maximum atomic E-state index is 11.5. The molecule has 0 saturated carbocycles. The number of nitrogens with one attached hydrogen (secondary N) is 1. The quantitative estimate of drug-likeness (QED) is 0.643. The normalized spacial score (nSPS) is 13.5. The summed E-state index contributed by atoms with van der Waals surface area (Å²) < 4.78 is 15.1. The molecule has 0 saturated heterocycles. The van der Waals surface area contributed by atoms with Gasteiger partial charge in [-0.25, -0.2) is 4.79 Å². The Morgan fingerprint density at radius 1 is 1.48 bits per heavy atom. The Hall–Kier alpha value is -2.61. The van der Waals surface area contributed by atoms with E-state index in [1.54, 1.807) is 19.1 Å². The van der Waals surface area contributed by atoms with Crippen molar-refractivity contribution in [3.8, 4) is 11.5 Å². The van der Waals surface area contributed by atoms with Crippen molar-refractivity contribution >= 4 is 40.6 Å². The number of carbonyl (C=O) groups is 2. The molecule has 0 atom stereocenters. The standard InChI is InChI=1S/C15H15NO6S/c1-3-20-15(19)16-14-13(21-8(2)17)11(18)12(22-14)9-6-4-5-7-10(9)23/h4-6,18H,3,7H2,1-2H3,(H,16,19). The lowest BCUT2D eigenvalue weighted by atomic mass is 10.0. The summed E-state index contributed by atoms with van der Waals surface area (Å²) in [6, 6.07) is 0. The van der Waals surface area contributed by atoms with Crippen molar-refractivity contribution in [1.82, 2.24) is 0 Å². The van der Waals surface area contributed by atoms with Gasteiger partial charge in [-0.2, -0.15) is 0 Å². The highest BCUT2D eigenvalue weighted by molar-refractivity contribution is 7.81. The fourth-order valence-corrected chi connectivity index (χ4v) is 2.17. The molecule has 2 N–H and O–H groups in total. The van der Waals surface area contributed by atoms with E-state index in [0.717, 1.165) is 6.92 Å². The number of hydrogen-bond acceptors (Lipinski definition) is 7. The number of amides is 1. The van der Waals surface area contributed by atoms with Crippen molar-refractivity contribution in [3.63, 3.8) is 0 Å². The van der Waals surface area contributed by atoms with Gasteiger partial charge in [-0.1, -0.05) is 30.4 Å². The molecule has 1 heterocycles. The fourth-order valence-electron chi connectivity index (χ4n) is 1.92. The monoisotopic (exact) mass is 337 g/mol. The first-order valence-corrected chi connectivity index (χ1v) is 7.23. The van der Waals surface area contributed by atoms with Gasteiger partial charge in [0.25, 0.3) is 5.88 Å². The van der Waals surface area contributed by atoms with Crippen LogP contribution in [0.2, 0.25) is 0 Å². The lowest BCUT2D eigenvalue weighted by Gasteiger charge is -2.07. The Morgan fingerprint density at radius 3 is 2.83 bits per heavy atom. The minimum Gasteiger partial charge on any atom is -0.502 e. The molecule has 0 spiro atoms. The third-order valence-corrected chi connectivity index (χ3v) is 3.21. The van der Waals surface area contributed by atoms with Crippen LogP contribution in [-0.2, 0) is 9.53 Å². The van der Waals surface area contributed by atoms with Gasteiger partial charge in [0.15, 0.2) is 5.76 Å². The van der Waals surface area contributed by atoms with E-state index in [1.807, 2.05) is 6.08 Å². The second-order valence-electron chi connectivity index (χ2n) is 4.51. The van der Waals surface area contributed by atoms with E-state index < -0.39 is 17.8 Å². The van der Waals surface area contributed by atoms with Gasteiger partial charge in [0, 0.05) is 23.8 Å². The molecule has 7 nitrogen and oxygen atoms in total. The van der Waals surface area contributed by atoms with E-state index in [2.05, 4.69) is 5.32 Å². The molecule has 1 aromatic heterocycles. The summed E-state index contributed by atoms with van der Waals surface area (Å²) in [5, 5.41) is 12.6. The molecule has 0 aromatic carbocycles. The Labute approximate surface area is 137 Å². The molecule has 0 unspecified atom stereocenters. The summed E-state index contributed by atoms with van der Waals surface area (Å²) >= 11 is 5.23. The van der Waals surface area contributed by atoms with E-state index in [9.17, 15) is 14.7 Å². The van der Waals surface area contributed by atoms with Crippen LogP contribution in [0.5, 0.6) is 11.5 Å². The van der Waals surface area contributed by atoms with Crippen LogP contribution < -0.4 is 10.1 Å². The number of allylic oxidation sites excluding steroid dienone is 4. The van der Waals surface area contributed by atoms with Crippen LogP contribution >= 0.6 is 12.2 Å². The Bertz CT molecular complexity index is 716. The summed E-state index contributed by atoms with van der Waals surface area (Å²) in [7, 11) is 0. The van der Waals surface area contributed by atoms with Crippen LogP contribution in [0, 0.1) is 0 Å². The first-order chi connectivity index (χ1) is 10.9. The number of anilines is 1. The lowest BCUT2D eigenvalue weighted by Crippen LogP contribution is -2.14. The number of rotatable bonds is 4. The molecule has 23 heavy (non-hydrogen) atoms. The SMILES string of the molecule is CCOC(=O)Nc1oc(C2=CC=CCC2=S)c(O)c1OC(C)=O. The van der Waals surface area contributed by atoms with Gasteiger partial charge in [-0.3, -0.25) is 10.1 Å². The molecule has 0 fully saturated rings. The van der Waals surface area contributed by atoms with Crippen LogP contribution in [0.25, 0.3) is 5.57 Å². The molecule has 0 bridgehead atoms. The third-order valence-electron chi connectivity index (χ3n) is 2.82. The Morgan fingerprint density at radius 2 is 2.22 bits per heavy atom. The predicted molar refractivity (Wildman–Crippen MR) is 86.7 cm³/mol. The summed E-state index contributed by atoms with van der Waals surface area (Å²) in [5.41, 5.74) is 0.477. The van der Waals surface area contributed by atoms with E-state index in [1.165, 1.54) is 0 Å². The van der Waals surface area contributed by atoms with Crippen molar-refractivity contribution in [2.75, 3.05) is 11.9 Å². The second kappa shape index (κ2) is 7.10. The molecule has 0 aliphatic heterocycles. The molecule has 1 amide bonds. The van der Waals surface area contributed by atoms with Crippen molar-refractivity contribution in [1.29, 1.82) is 0 Å². The molecule has 122 valence electrons. The Kier molecular flexibility index (Phi) is 5.17. The van der Waals surface area contributed by atoms with Crippen molar-refractivity contribution in [2.24, 2.45) is 0 Å². The van der Waals surface area contributed by atoms with Crippen molar-refractivity contribution < 1.29 is 28.6 Å². The Balaban J connectivity index is 2.44. The number of aromatic hydroxyl groups is 1. The number of thiocarbonyl (C=S) groups is 1. The predicted octanol–water partition coefficient (Wildman–Crippen LogP) is 3.19. The molecular formula is C15H15NO6S. The van der Waals surface area contributed by atoms with Gasteiger partial charge >= 0.3 is 12.1 Å². The largest absolute Gasteiger partial charge is 0.502 e. The van der Waals surface area contributed by atoms with E-state index in [0.29, 0.717) is 16.9 Å². The number of esters is 1. The number of furan rings is 1. The molecule has 2 rings (SSSR count). The molecule has 8 heteroatoms. The minimum atomic E-state index is -0.804. The average molecular weight is 337 g/mol. The highest BCUT2D eigenvalue weighted by Gasteiger charge is 2.28. The highest BCUT2D eigenvalue weighted by Crippen LogP contribution is 2.45. The zero-order valence-corrected chi connectivity index (χ0v) is 13.4. The summed E-state index contributed by atoms with van der Waals surface area (Å²) in [6.45, 7) is 2.94. The van der Waals surface area contributed by atoms with E-state index >= 15 is 0 Å². The first kappa shape index (κ1) is 16.8. The van der Waals surface area contributed by atoms with Crippen LogP contribution in [0.15, 0.2) is 22.6 Å². The van der Waals surface area contributed by atoms with Gasteiger partial charge in [-0.05, 0) is 6.92 Å². The van der Waals surface area contributed by atoms with E-state index in [-0.39, 0.29) is 24.0 Å². The van der Waals surface area contributed by atoms with Gasteiger partial charge in [0.1, 0.15) is 0 Å². The summed E-state index contributed by atoms with van der Waals surface area (Å²) in [4.78, 5) is 23.3. The smallest absolute Gasteiger partial charge is 0.414 e. The number of hydrogen-bond donors (Lipinski definition) is 2. The van der Waals surface area contributed by atoms with Crippen LogP contribution in [-0.4, -0.2) is 28.6 Å². The van der Waals surface area contributed by atoms with Gasteiger partial charge in [0.05, 0.1) is 6.61 Å². The van der Waals surface area contributed by atoms with Gasteiger partial charge < -0.3 is 19.0 Å². The fraction of sp³-hybridized carbons (Fsp3) is 0.267. The van der Waals surface area contributed by atoms with Crippen molar-refractivity contribution in [2.45, 2.75) is 20.3 Å². The average Bonchev–Trinajstić information content (AvgIpc) is 2.76. The van der Waals surface area contributed by atoms with Crippen molar-refractivity contribution in [3.05, 3.63) is 24.0 Å².